The van der Waals surface area contributed by atoms with E-state index in [1.165, 1.54) is 15.5 Å². The van der Waals surface area contributed by atoms with Crippen LogP contribution in [0.2, 0.25) is 0 Å². The van der Waals surface area contributed by atoms with E-state index in [1.54, 1.807) is 6.92 Å². The zero-order chi connectivity index (χ0) is 15.5. The van der Waals surface area contributed by atoms with Gasteiger partial charge < -0.3 is 9.84 Å². The number of aliphatic carboxylic acids is 1. The molecule has 8 heteroatoms. The summed E-state index contributed by atoms with van der Waals surface area (Å²) in [5, 5.41) is 8.93. The second-order valence-electron chi connectivity index (χ2n) is 5.27. The molecule has 0 bridgehead atoms. The molecule has 0 aromatic heterocycles. The number of nitrogens with zero attached hydrogens (tertiary/aromatic N) is 2. The Morgan fingerprint density at radius 1 is 1.40 bits per heavy atom. The molecule has 20 heavy (non-hydrogen) atoms. The minimum absolute atomic E-state index is 0.0196. The van der Waals surface area contributed by atoms with E-state index < -0.39 is 22.1 Å². The number of carboxylic acids is 1. The van der Waals surface area contributed by atoms with E-state index in [4.69, 9.17) is 9.84 Å². The van der Waals surface area contributed by atoms with Crippen LogP contribution in [0, 0.1) is 5.92 Å². The van der Waals surface area contributed by atoms with Crippen LogP contribution >= 0.6 is 0 Å². The van der Waals surface area contributed by atoms with Gasteiger partial charge in [-0.3, -0.25) is 4.79 Å². The van der Waals surface area contributed by atoms with E-state index >= 15 is 0 Å². The van der Waals surface area contributed by atoms with Crippen molar-refractivity contribution < 1.29 is 23.1 Å². The molecule has 0 aromatic rings. The Morgan fingerprint density at radius 2 is 1.90 bits per heavy atom. The summed E-state index contributed by atoms with van der Waals surface area (Å²) in [7, 11) is -3.65. The minimum atomic E-state index is -3.65. The van der Waals surface area contributed by atoms with E-state index in [1.807, 2.05) is 13.8 Å². The fraction of sp³-hybridized carbons (Fsp3) is 0.917. The van der Waals surface area contributed by atoms with Gasteiger partial charge in [-0.15, -0.1) is 0 Å². The van der Waals surface area contributed by atoms with Gasteiger partial charge in [-0.05, 0) is 13.8 Å². The smallest absolute Gasteiger partial charge is 0.307 e. The number of ether oxygens (including phenoxy) is 1. The van der Waals surface area contributed by atoms with Gasteiger partial charge in [0, 0.05) is 26.2 Å². The third-order valence-corrected chi connectivity index (χ3v) is 5.30. The average molecular weight is 308 g/mol. The number of hydrogen-bond donors (Lipinski definition) is 1. The highest BCUT2D eigenvalue weighted by Crippen LogP contribution is 2.18. The Hall–Kier alpha value is -0.700. The Balaban J connectivity index is 2.86. The highest BCUT2D eigenvalue weighted by atomic mass is 32.2. The lowest BCUT2D eigenvalue weighted by Gasteiger charge is -2.37. The lowest BCUT2D eigenvalue weighted by molar-refractivity contribution is -0.141. The van der Waals surface area contributed by atoms with Gasteiger partial charge in [0.05, 0.1) is 18.1 Å². The molecule has 0 aliphatic carbocycles. The first kappa shape index (κ1) is 17.4. The van der Waals surface area contributed by atoms with Crippen LogP contribution in [0.4, 0.5) is 0 Å². The minimum Gasteiger partial charge on any atom is -0.481 e. The molecule has 1 aliphatic rings. The van der Waals surface area contributed by atoms with Gasteiger partial charge in [0.2, 0.25) is 0 Å². The van der Waals surface area contributed by atoms with Gasteiger partial charge in [-0.25, -0.2) is 0 Å². The molecule has 3 unspecified atom stereocenters. The molecule has 1 N–H and O–H groups in total. The standard InChI is InChI=1S/C12H24N2O5S/c1-5-13(6-9(2)12(15)16)20(17,18)14-7-10(3)19-11(4)8-14/h9-11H,5-8H2,1-4H3,(H,15,16). The lowest BCUT2D eigenvalue weighted by Crippen LogP contribution is -2.53. The van der Waals surface area contributed by atoms with Crippen molar-refractivity contribution in [2.45, 2.75) is 39.9 Å². The molecule has 1 saturated heterocycles. The van der Waals surface area contributed by atoms with Crippen molar-refractivity contribution in [3.05, 3.63) is 0 Å². The maximum absolute atomic E-state index is 12.6. The SMILES string of the molecule is CCN(CC(C)C(=O)O)S(=O)(=O)N1CC(C)OC(C)C1. The van der Waals surface area contributed by atoms with Gasteiger partial charge in [0.1, 0.15) is 0 Å². The van der Waals surface area contributed by atoms with Crippen molar-refractivity contribution in [2.75, 3.05) is 26.2 Å². The molecular weight excluding hydrogens is 284 g/mol. The van der Waals surface area contributed by atoms with Crippen LogP contribution in [0.5, 0.6) is 0 Å². The number of carbonyl (C=O) groups is 1. The van der Waals surface area contributed by atoms with Crippen LogP contribution < -0.4 is 0 Å². The summed E-state index contributed by atoms with van der Waals surface area (Å²) in [6.45, 7) is 7.69. The summed E-state index contributed by atoms with van der Waals surface area (Å²) < 4.78 is 33.3. The van der Waals surface area contributed by atoms with Gasteiger partial charge in [0.15, 0.2) is 0 Å². The van der Waals surface area contributed by atoms with Crippen LogP contribution in [0.15, 0.2) is 0 Å². The van der Waals surface area contributed by atoms with Crippen LogP contribution in [0.3, 0.4) is 0 Å². The summed E-state index contributed by atoms with van der Waals surface area (Å²) in [6, 6.07) is 0. The second-order valence-corrected chi connectivity index (χ2v) is 7.20. The van der Waals surface area contributed by atoms with Crippen LogP contribution in [0.25, 0.3) is 0 Å². The molecule has 1 heterocycles. The van der Waals surface area contributed by atoms with Crippen LogP contribution in [0.1, 0.15) is 27.7 Å². The molecule has 0 aromatic carbocycles. The van der Waals surface area contributed by atoms with Gasteiger partial charge in [-0.1, -0.05) is 13.8 Å². The zero-order valence-electron chi connectivity index (χ0n) is 12.4. The van der Waals surface area contributed by atoms with Crippen molar-refractivity contribution in [1.29, 1.82) is 0 Å². The molecule has 1 fully saturated rings. The summed E-state index contributed by atoms with van der Waals surface area (Å²) >= 11 is 0. The first-order valence-electron chi connectivity index (χ1n) is 6.82. The maximum Gasteiger partial charge on any atom is 0.307 e. The summed E-state index contributed by atoms with van der Waals surface area (Å²) in [6.07, 6.45) is -0.326. The third kappa shape index (κ3) is 4.15. The van der Waals surface area contributed by atoms with E-state index in [-0.39, 0.29) is 25.3 Å². The van der Waals surface area contributed by atoms with E-state index in [2.05, 4.69) is 0 Å². The third-order valence-electron chi connectivity index (χ3n) is 3.29. The summed E-state index contributed by atoms with van der Waals surface area (Å²) in [5.74, 6) is -1.73. The van der Waals surface area contributed by atoms with Crippen molar-refractivity contribution in [3.8, 4) is 0 Å². The maximum atomic E-state index is 12.6. The molecule has 0 spiro atoms. The average Bonchev–Trinajstić information content (AvgIpc) is 2.33. The molecule has 0 amide bonds. The number of hydrogen-bond acceptors (Lipinski definition) is 4. The quantitative estimate of drug-likeness (QED) is 0.766. The Labute approximate surface area is 120 Å². The predicted octanol–water partition coefficient (Wildman–Crippen LogP) is 0.383. The highest BCUT2D eigenvalue weighted by molar-refractivity contribution is 7.86. The number of carboxylic acid groups (broad SMARTS) is 1. The van der Waals surface area contributed by atoms with Gasteiger partial charge in [-0.2, -0.15) is 17.0 Å². The van der Waals surface area contributed by atoms with Crippen LogP contribution in [-0.4, -0.2) is 66.5 Å². The fourth-order valence-electron chi connectivity index (χ4n) is 2.25. The largest absolute Gasteiger partial charge is 0.481 e. The molecule has 118 valence electrons. The van der Waals surface area contributed by atoms with Gasteiger partial charge in [0.25, 0.3) is 10.2 Å². The van der Waals surface area contributed by atoms with Gasteiger partial charge >= 0.3 is 5.97 Å². The second kappa shape index (κ2) is 6.84. The highest BCUT2D eigenvalue weighted by Gasteiger charge is 2.35. The molecule has 3 atom stereocenters. The van der Waals surface area contributed by atoms with E-state index in [9.17, 15) is 13.2 Å². The van der Waals surface area contributed by atoms with Crippen molar-refractivity contribution in [3.63, 3.8) is 0 Å². The fourth-order valence-corrected chi connectivity index (χ4v) is 4.11. The van der Waals surface area contributed by atoms with Crippen molar-refractivity contribution >= 4 is 16.2 Å². The molecular formula is C12H24N2O5S. The molecule has 7 nitrogen and oxygen atoms in total. The Morgan fingerprint density at radius 3 is 2.30 bits per heavy atom. The number of rotatable bonds is 6. The summed E-state index contributed by atoms with van der Waals surface area (Å²) in [5.41, 5.74) is 0. The van der Waals surface area contributed by atoms with E-state index in [0.717, 1.165) is 0 Å². The summed E-state index contributed by atoms with van der Waals surface area (Å²) in [4.78, 5) is 10.9. The van der Waals surface area contributed by atoms with Crippen LogP contribution in [-0.2, 0) is 19.7 Å². The normalized spacial score (nSPS) is 26.6. The first-order chi connectivity index (χ1) is 9.18. The van der Waals surface area contributed by atoms with Crippen molar-refractivity contribution in [2.24, 2.45) is 5.92 Å². The molecule has 1 aliphatic heterocycles. The molecule has 1 rings (SSSR count). The monoisotopic (exact) mass is 308 g/mol. The topological polar surface area (TPSA) is 87.2 Å². The molecule has 0 saturated carbocycles. The predicted molar refractivity (Wildman–Crippen MR) is 74.5 cm³/mol. The zero-order valence-corrected chi connectivity index (χ0v) is 13.3. The molecule has 0 radical (unpaired) electrons. The Kier molecular flexibility index (Phi) is 5.93. The Bertz CT molecular complexity index is 429. The van der Waals surface area contributed by atoms with Crippen molar-refractivity contribution in [1.82, 2.24) is 8.61 Å². The number of morpholine rings is 1. The lowest BCUT2D eigenvalue weighted by atomic mass is 10.2. The van der Waals surface area contributed by atoms with E-state index in [0.29, 0.717) is 13.1 Å². The first-order valence-corrected chi connectivity index (χ1v) is 8.21.